The van der Waals surface area contributed by atoms with Crippen LogP contribution in [0, 0.1) is 11.3 Å². The summed E-state index contributed by atoms with van der Waals surface area (Å²) in [5.41, 5.74) is -0.418. The third kappa shape index (κ3) is 5.69. The Morgan fingerprint density at radius 2 is 1.54 bits per heavy atom. The van der Waals surface area contributed by atoms with E-state index in [0.29, 0.717) is 32.6 Å². The van der Waals surface area contributed by atoms with Crippen LogP contribution in [0.3, 0.4) is 0 Å². The molecule has 1 saturated heterocycles. The van der Waals surface area contributed by atoms with Crippen LogP contribution < -0.4 is 5.32 Å². The van der Waals surface area contributed by atoms with Crippen molar-refractivity contribution >= 4 is 17.9 Å². The van der Waals surface area contributed by atoms with Crippen LogP contribution in [-0.4, -0.2) is 67.0 Å². The highest BCUT2D eigenvalue weighted by atomic mass is 16.5. The molecule has 3 amide bonds. The minimum absolute atomic E-state index is 0.0982. The molecule has 1 aliphatic rings. The minimum Gasteiger partial charge on any atom is -0.453 e. The van der Waals surface area contributed by atoms with Crippen LogP contribution in [0.4, 0.5) is 4.79 Å². The van der Waals surface area contributed by atoms with E-state index in [0.717, 1.165) is 0 Å². The van der Waals surface area contributed by atoms with Gasteiger partial charge in [0, 0.05) is 31.6 Å². The van der Waals surface area contributed by atoms with Gasteiger partial charge in [-0.2, -0.15) is 0 Å². The van der Waals surface area contributed by atoms with Crippen LogP contribution in [0.2, 0.25) is 0 Å². The van der Waals surface area contributed by atoms with Gasteiger partial charge in [-0.15, -0.1) is 0 Å². The molecule has 0 aromatic heterocycles. The molecule has 7 nitrogen and oxygen atoms in total. The van der Waals surface area contributed by atoms with Crippen molar-refractivity contribution in [1.29, 1.82) is 0 Å². The highest BCUT2D eigenvalue weighted by Crippen LogP contribution is 2.19. The van der Waals surface area contributed by atoms with Crippen LogP contribution in [0.5, 0.6) is 0 Å². The summed E-state index contributed by atoms with van der Waals surface area (Å²) in [4.78, 5) is 40.0. The van der Waals surface area contributed by atoms with Crippen molar-refractivity contribution in [2.75, 3.05) is 33.3 Å². The zero-order valence-corrected chi connectivity index (χ0v) is 15.7. The molecule has 0 saturated carbocycles. The molecule has 1 unspecified atom stereocenters. The smallest absolute Gasteiger partial charge is 0.407 e. The van der Waals surface area contributed by atoms with Gasteiger partial charge in [0.15, 0.2) is 0 Å². The zero-order chi connectivity index (χ0) is 18.5. The van der Waals surface area contributed by atoms with E-state index in [-0.39, 0.29) is 17.7 Å². The lowest BCUT2D eigenvalue weighted by Crippen LogP contribution is -2.57. The van der Waals surface area contributed by atoms with E-state index >= 15 is 0 Å². The Bertz CT molecular complexity index is 463. The second kappa shape index (κ2) is 8.35. The molecule has 1 rings (SSSR count). The average Bonchev–Trinajstić information content (AvgIpc) is 2.51. The number of alkyl carbamates (subject to hydrolysis) is 1. The molecule has 24 heavy (non-hydrogen) atoms. The summed E-state index contributed by atoms with van der Waals surface area (Å²) in [6.45, 7) is 11.7. The first kappa shape index (κ1) is 20.3. The number of ether oxygens (including phenoxy) is 1. The van der Waals surface area contributed by atoms with Gasteiger partial charge in [0.1, 0.15) is 6.04 Å². The number of hydrogen-bond acceptors (Lipinski definition) is 4. The number of rotatable bonds is 4. The summed E-state index contributed by atoms with van der Waals surface area (Å²) < 4.78 is 4.61. The Morgan fingerprint density at radius 1 is 1.04 bits per heavy atom. The van der Waals surface area contributed by atoms with Crippen LogP contribution in [0.25, 0.3) is 0 Å². The molecule has 1 heterocycles. The Kier molecular flexibility index (Phi) is 7.05. The molecule has 1 fully saturated rings. The van der Waals surface area contributed by atoms with Crippen LogP contribution in [-0.2, 0) is 14.3 Å². The van der Waals surface area contributed by atoms with Gasteiger partial charge < -0.3 is 19.9 Å². The van der Waals surface area contributed by atoms with Crippen molar-refractivity contribution in [3.8, 4) is 0 Å². The van der Waals surface area contributed by atoms with E-state index in [1.807, 2.05) is 34.6 Å². The fourth-order valence-corrected chi connectivity index (χ4v) is 2.72. The van der Waals surface area contributed by atoms with Gasteiger partial charge >= 0.3 is 6.09 Å². The number of methoxy groups -OCH3 is 1. The van der Waals surface area contributed by atoms with Gasteiger partial charge in [-0.1, -0.05) is 34.6 Å². The van der Waals surface area contributed by atoms with Gasteiger partial charge in [-0.05, 0) is 12.3 Å². The van der Waals surface area contributed by atoms with E-state index < -0.39 is 17.6 Å². The van der Waals surface area contributed by atoms with E-state index in [1.54, 1.807) is 9.80 Å². The van der Waals surface area contributed by atoms with E-state index in [9.17, 15) is 14.4 Å². The van der Waals surface area contributed by atoms with Crippen LogP contribution >= 0.6 is 0 Å². The normalized spacial score (nSPS) is 16.8. The van der Waals surface area contributed by atoms with Crippen molar-refractivity contribution in [3.05, 3.63) is 0 Å². The van der Waals surface area contributed by atoms with Gasteiger partial charge in [-0.3, -0.25) is 9.59 Å². The molecule has 0 spiro atoms. The topological polar surface area (TPSA) is 79.0 Å². The molecule has 0 radical (unpaired) electrons. The van der Waals surface area contributed by atoms with Crippen molar-refractivity contribution in [1.82, 2.24) is 15.1 Å². The third-order valence-corrected chi connectivity index (χ3v) is 4.00. The molecule has 1 aliphatic heterocycles. The maximum atomic E-state index is 12.7. The van der Waals surface area contributed by atoms with Gasteiger partial charge in [0.25, 0.3) is 0 Å². The van der Waals surface area contributed by atoms with Crippen molar-refractivity contribution in [3.63, 3.8) is 0 Å². The second-order valence-corrected chi connectivity index (χ2v) is 7.69. The van der Waals surface area contributed by atoms with Gasteiger partial charge in [0.05, 0.1) is 7.11 Å². The first-order valence-electron chi connectivity index (χ1n) is 8.49. The van der Waals surface area contributed by atoms with E-state index in [4.69, 9.17) is 0 Å². The molecule has 0 bridgehead atoms. The molecule has 1 atom stereocenters. The fourth-order valence-electron chi connectivity index (χ4n) is 2.72. The summed E-state index contributed by atoms with van der Waals surface area (Å²) >= 11 is 0. The second-order valence-electron chi connectivity index (χ2n) is 7.69. The molecule has 0 aromatic rings. The highest BCUT2D eigenvalue weighted by Gasteiger charge is 2.33. The largest absolute Gasteiger partial charge is 0.453 e. The quantitative estimate of drug-likeness (QED) is 0.840. The monoisotopic (exact) mass is 341 g/mol. The standard InChI is InChI=1S/C17H31N3O4/c1-12(2)11-13(18-16(23)24-6)14(21)19-7-9-20(10-8-19)15(22)17(3,4)5/h12-13H,7-11H2,1-6H3,(H,18,23). The number of hydrogen-bond donors (Lipinski definition) is 1. The van der Waals surface area contributed by atoms with Gasteiger partial charge in [0.2, 0.25) is 11.8 Å². The third-order valence-electron chi connectivity index (χ3n) is 4.00. The lowest BCUT2D eigenvalue weighted by molar-refractivity contribution is -0.145. The van der Waals surface area contributed by atoms with Gasteiger partial charge in [-0.25, -0.2) is 4.79 Å². The summed E-state index contributed by atoms with van der Waals surface area (Å²) in [5.74, 6) is 0.248. The average molecular weight is 341 g/mol. The zero-order valence-electron chi connectivity index (χ0n) is 15.7. The SMILES string of the molecule is COC(=O)NC(CC(C)C)C(=O)N1CCN(C(=O)C(C)(C)C)CC1. The molecule has 138 valence electrons. The Labute approximate surface area is 144 Å². The molecular formula is C17H31N3O4. The number of amides is 3. The van der Waals surface area contributed by atoms with E-state index in [2.05, 4.69) is 10.1 Å². The fraction of sp³-hybridized carbons (Fsp3) is 0.824. The maximum Gasteiger partial charge on any atom is 0.407 e. The van der Waals surface area contributed by atoms with Crippen LogP contribution in [0.15, 0.2) is 0 Å². The number of carbonyl (C=O) groups excluding carboxylic acids is 3. The minimum atomic E-state index is -0.601. The molecule has 1 N–H and O–H groups in total. The number of nitrogens with one attached hydrogen (secondary N) is 1. The first-order chi connectivity index (χ1) is 11.1. The molecule has 7 heteroatoms. The predicted molar refractivity (Wildman–Crippen MR) is 91.4 cm³/mol. The number of carbonyl (C=O) groups is 3. The lowest BCUT2D eigenvalue weighted by atomic mass is 9.94. The number of nitrogens with zero attached hydrogens (tertiary/aromatic N) is 2. The summed E-state index contributed by atoms with van der Waals surface area (Å²) in [5, 5.41) is 2.62. The Morgan fingerprint density at radius 3 is 1.96 bits per heavy atom. The summed E-state index contributed by atoms with van der Waals surface area (Å²) in [6, 6.07) is -0.595. The van der Waals surface area contributed by atoms with Crippen molar-refractivity contribution < 1.29 is 19.1 Å². The predicted octanol–water partition coefficient (Wildman–Crippen LogP) is 1.47. The lowest BCUT2D eigenvalue weighted by Gasteiger charge is -2.39. The maximum absolute atomic E-state index is 12.7. The molecular weight excluding hydrogens is 310 g/mol. The van der Waals surface area contributed by atoms with E-state index in [1.165, 1.54) is 7.11 Å². The van der Waals surface area contributed by atoms with Crippen LogP contribution in [0.1, 0.15) is 41.0 Å². The highest BCUT2D eigenvalue weighted by molar-refractivity contribution is 5.86. The number of piperazine rings is 1. The first-order valence-corrected chi connectivity index (χ1v) is 8.49. The summed E-state index contributed by atoms with van der Waals surface area (Å²) in [6.07, 6.45) is -0.0507. The summed E-state index contributed by atoms with van der Waals surface area (Å²) in [7, 11) is 1.28. The molecule has 0 aromatic carbocycles. The Hall–Kier alpha value is -1.79. The Balaban J connectivity index is 2.67. The van der Waals surface area contributed by atoms with Crippen molar-refractivity contribution in [2.45, 2.75) is 47.1 Å². The molecule has 0 aliphatic carbocycles. The van der Waals surface area contributed by atoms with Crippen molar-refractivity contribution in [2.24, 2.45) is 11.3 Å².